The van der Waals surface area contributed by atoms with Crippen LogP contribution in [0.3, 0.4) is 0 Å². The Bertz CT molecular complexity index is 1700. The summed E-state index contributed by atoms with van der Waals surface area (Å²) in [4.78, 5) is 67.2. The maximum absolute atomic E-state index is 13.4. The minimum absolute atomic E-state index is 0.0415. The van der Waals surface area contributed by atoms with Gasteiger partial charge in [-0.2, -0.15) is 0 Å². The molecule has 2 N–H and O–H groups in total. The SMILES string of the molecule is CNc1ccc(OC)cc1CCN(C=O)C1CCN(C(=O)Cn2cc(-c3cccc(Cl)c3Cl)c(=O)n(CCNC(C)=O)c2=O)CC1. The van der Waals surface area contributed by atoms with Gasteiger partial charge in [-0.1, -0.05) is 35.3 Å². The zero-order chi connectivity index (χ0) is 33.4. The van der Waals surface area contributed by atoms with Gasteiger partial charge in [0.1, 0.15) is 12.3 Å². The molecule has 0 radical (unpaired) electrons. The fraction of sp³-hybridized carbons (Fsp3) is 0.406. The molecule has 0 spiro atoms. The van der Waals surface area contributed by atoms with Crippen LogP contribution in [0, 0.1) is 0 Å². The molecule has 246 valence electrons. The number of piperidine rings is 1. The third-order valence-electron chi connectivity index (χ3n) is 8.14. The molecule has 2 aromatic carbocycles. The Morgan fingerprint density at radius 2 is 1.85 bits per heavy atom. The van der Waals surface area contributed by atoms with E-state index in [1.165, 1.54) is 17.7 Å². The molecule has 1 aliphatic rings. The zero-order valence-electron chi connectivity index (χ0n) is 26.1. The van der Waals surface area contributed by atoms with Crippen molar-refractivity contribution in [1.82, 2.24) is 24.3 Å². The van der Waals surface area contributed by atoms with Crippen molar-refractivity contribution in [2.75, 3.05) is 45.7 Å². The second-order valence-corrected chi connectivity index (χ2v) is 11.8. The van der Waals surface area contributed by atoms with Crippen molar-refractivity contribution in [2.45, 2.75) is 45.3 Å². The molecule has 1 aromatic heterocycles. The second-order valence-electron chi connectivity index (χ2n) is 11.0. The number of benzene rings is 2. The third-order valence-corrected chi connectivity index (χ3v) is 8.96. The van der Waals surface area contributed by atoms with Crippen LogP contribution in [0.5, 0.6) is 5.75 Å². The van der Waals surface area contributed by atoms with Crippen LogP contribution in [0.25, 0.3) is 11.1 Å². The van der Waals surface area contributed by atoms with Gasteiger partial charge in [0.25, 0.3) is 5.56 Å². The van der Waals surface area contributed by atoms with Crippen molar-refractivity contribution in [1.29, 1.82) is 0 Å². The first-order chi connectivity index (χ1) is 22.1. The number of carbonyl (C=O) groups is 3. The van der Waals surface area contributed by atoms with E-state index in [9.17, 15) is 24.0 Å². The average Bonchev–Trinajstić information content (AvgIpc) is 3.05. The summed E-state index contributed by atoms with van der Waals surface area (Å²) in [6.45, 7) is 2.27. The van der Waals surface area contributed by atoms with Gasteiger partial charge in [0, 0.05) is 70.2 Å². The van der Waals surface area contributed by atoms with E-state index in [-0.39, 0.29) is 53.1 Å². The number of hydrogen-bond acceptors (Lipinski definition) is 7. The van der Waals surface area contributed by atoms with Crippen molar-refractivity contribution in [3.8, 4) is 16.9 Å². The van der Waals surface area contributed by atoms with Crippen LogP contribution in [0.15, 0.2) is 52.2 Å². The van der Waals surface area contributed by atoms with Crippen LogP contribution >= 0.6 is 23.2 Å². The fourth-order valence-electron chi connectivity index (χ4n) is 5.62. The quantitative estimate of drug-likeness (QED) is 0.267. The summed E-state index contributed by atoms with van der Waals surface area (Å²) >= 11 is 12.6. The van der Waals surface area contributed by atoms with Crippen LogP contribution in [0.2, 0.25) is 10.0 Å². The molecule has 3 aromatic rings. The molecule has 46 heavy (non-hydrogen) atoms. The average molecular weight is 674 g/mol. The lowest BCUT2D eigenvalue weighted by Gasteiger charge is -2.37. The van der Waals surface area contributed by atoms with Gasteiger partial charge in [-0.25, -0.2) is 4.79 Å². The number of methoxy groups -OCH3 is 1. The Balaban J connectivity index is 1.48. The number of aromatic nitrogens is 2. The maximum Gasteiger partial charge on any atom is 0.331 e. The van der Waals surface area contributed by atoms with Gasteiger partial charge >= 0.3 is 5.69 Å². The number of ether oxygens (including phenoxy) is 1. The van der Waals surface area contributed by atoms with E-state index < -0.39 is 11.2 Å². The van der Waals surface area contributed by atoms with Crippen molar-refractivity contribution in [3.05, 3.63) is 79.0 Å². The van der Waals surface area contributed by atoms with Gasteiger partial charge in [-0.15, -0.1) is 0 Å². The molecule has 2 heterocycles. The van der Waals surface area contributed by atoms with Crippen molar-refractivity contribution in [3.63, 3.8) is 0 Å². The summed E-state index contributed by atoms with van der Waals surface area (Å²) in [6.07, 6.45) is 3.97. The van der Waals surface area contributed by atoms with Gasteiger partial charge < -0.3 is 25.2 Å². The first-order valence-electron chi connectivity index (χ1n) is 14.9. The topological polar surface area (TPSA) is 135 Å². The molecule has 0 bridgehead atoms. The molecule has 1 fully saturated rings. The number of anilines is 1. The lowest BCUT2D eigenvalue weighted by atomic mass is 10.0. The highest BCUT2D eigenvalue weighted by molar-refractivity contribution is 6.43. The van der Waals surface area contributed by atoms with E-state index in [0.717, 1.165) is 28.0 Å². The molecule has 0 atom stereocenters. The van der Waals surface area contributed by atoms with Crippen LogP contribution in [-0.2, 0) is 33.9 Å². The molecular formula is C32H38Cl2N6O6. The number of amides is 3. The van der Waals surface area contributed by atoms with Gasteiger partial charge in [-0.3, -0.25) is 28.3 Å². The third kappa shape index (κ3) is 8.10. The Labute approximate surface area is 276 Å². The molecule has 1 saturated heterocycles. The second kappa shape index (κ2) is 15.8. The van der Waals surface area contributed by atoms with Crippen LogP contribution in [-0.4, -0.2) is 83.5 Å². The minimum atomic E-state index is -0.689. The number of carbonyl (C=O) groups excluding carboxylic acids is 3. The standard InChI is InChI=1S/C32H38Cl2N6O6/c1-21(42)36-12-16-40-31(44)26(25-5-4-6-27(33)30(25)34)18-39(32(40)45)19-29(43)37-14-10-23(11-15-37)38(20-41)13-9-22-17-24(46-3)7-8-28(22)35-2/h4-8,17-18,20,23,35H,9-16,19H2,1-3H3,(H,36,42). The van der Waals surface area contributed by atoms with E-state index in [1.54, 1.807) is 35.1 Å². The minimum Gasteiger partial charge on any atom is -0.497 e. The maximum atomic E-state index is 13.4. The Morgan fingerprint density at radius 1 is 1.11 bits per heavy atom. The predicted molar refractivity (Wildman–Crippen MR) is 178 cm³/mol. The van der Waals surface area contributed by atoms with Crippen LogP contribution in [0.1, 0.15) is 25.3 Å². The van der Waals surface area contributed by atoms with Crippen molar-refractivity contribution >= 4 is 47.1 Å². The number of nitrogens with one attached hydrogen (secondary N) is 2. The largest absolute Gasteiger partial charge is 0.497 e. The van der Waals surface area contributed by atoms with Gasteiger partial charge in [-0.05, 0) is 49.1 Å². The van der Waals surface area contributed by atoms with Gasteiger partial charge in [0.15, 0.2) is 0 Å². The predicted octanol–water partition coefficient (Wildman–Crippen LogP) is 2.86. The summed E-state index contributed by atoms with van der Waals surface area (Å²) in [5, 5.41) is 6.12. The van der Waals surface area contributed by atoms with E-state index in [4.69, 9.17) is 27.9 Å². The van der Waals surface area contributed by atoms with Gasteiger partial charge in [0.05, 0.1) is 22.7 Å². The first kappa shape index (κ1) is 34.6. The first-order valence-corrected chi connectivity index (χ1v) is 15.7. The molecule has 3 amide bonds. The Kier molecular flexibility index (Phi) is 11.9. The highest BCUT2D eigenvalue weighted by Gasteiger charge is 2.27. The molecule has 0 saturated carbocycles. The molecule has 12 nitrogen and oxygen atoms in total. The summed E-state index contributed by atoms with van der Waals surface area (Å²) in [5.41, 5.74) is 1.10. The lowest BCUT2D eigenvalue weighted by molar-refractivity contribution is -0.134. The van der Waals surface area contributed by atoms with Crippen molar-refractivity contribution in [2.24, 2.45) is 0 Å². The van der Waals surface area contributed by atoms with Crippen LogP contribution in [0.4, 0.5) is 5.69 Å². The fourth-order valence-corrected chi connectivity index (χ4v) is 6.02. The van der Waals surface area contributed by atoms with E-state index in [2.05, 4.69) is 10.6 Å². The molecule has 4 rings (SSSR count). The number of rotatable bonds is 13. The molecule has 0 aliphatic carbocycles. The summed E-state index contributed by atoms with van der Waals surface area (Å²) in [5.74, 6) is 0.129. The summed E-state index contributed by atoms with van der Waals surface area (Å²) in [7, 11) is 3.46. The van der Waals surface area contributed by atoms with E-state index in [0.29, 0.717) is 44.5 Å². The molecular weight excluding hydrogens is 635 g/mol. The number of hydrogen-bond donors (Lipinski definition) is 2. The smallest absolute Gasteiger partial charge is 0.331 e. The molecule has 0 unspecified atom stereocenters. The Morgan fingerprint density at radius 3 is 2.50 bits per heavy atom. The molecule has 14 heteroatoms. The summed E-state index contributed by atoms with van der Waals surface area (Å²) in [6, 6.07) is 10.5. The monoisotopic (exact) mass is 672 g/mol. The van der Waals surface area contributed by atoms with Crippen molar-refractivity contribution < 1.29 is 19.1 Å². The summed E-state index contributed by atoms with van der Waals surface area (Å²) < 4.78 is 7.51. The number of nitrogens with zero attached hydrogens (tertiary/aromatic N) is 4. The van der Waals surface area contributed by atoms with Crippen LogP contribution < -0.4 is 26.6 Å². The van der Waals surface area contributed by atoms with E-state index in [1.807, 2.05) is 25.2 Å². The van der Waals surface area contributed by atoms with Gasteiger partial charge in [0.2, 0.25) is 18.2 Å². The zero-order valence-corrected chi connectivity index (χ0v) is 27.6. The number of halogens is 2. The number of likely N-dealkylation sites (tertiary alicyclic amines) is 1. The lowest BCUT2D eigenvalue weighted by Crippen LogP contribution is -2.49. The highest BCUT2D eigenvalue weighted by atomic mass is 35.5. The highest BCUT2D eigenvalue weighted by Crippen LogP contribution is 2.31. The normalized spacial score (nSPS) is 13.3. The Hall–Kier alpha value is -4.29. The molecule has 1 aliphatic heterocycles. The van der Waals surface area contributed by atoms with E-state index >= 15 is 0 Å².